The lowest BCUT2D eigenvalue weighted by molar-refractivity contribution is 0.415. The van der Waals surface area contributed by atoms with E-state index in [-0.39, 0.29) is 11.9 Å². The first-order valence-electron chi connectivity index (χ1n) is 5.74. The molecule has 16 heavy (non-hydrogen) atoms. The summed E-state index contributed by atoms with van der Waals surface area (Å²) in [6, 6.07) is 5.19. The van der Waals surface area contributed by atoms with Gasteiger partial charge < -0.3 is 5.73 Å². The van der Waals surface area contributed by atoms with E-state index in [2.05, 4.69) is 29.8 Å². The lowest BCUT2D eigenvalue weighted by Crippen LogP contribution is -2.30. The largest absolute Gasteiger partial charge is 0.327 e. The Hall–Kier alpha value is -0.410. The van der Waals surface area contributed by atoms with Crippen LogP contribution in [0.25, 0.3) is 0 Å². The Balaban J connectivity index is 2.65. The average molecular weight is 288 g/mol. The molecule has 1 rings (SSSR count). The van der Waals surface area contributed by atoms with Gasteiger partial charge in [-0.25, -0.2) is 4.39 Å². The van der Waals surface area contributed by atoms with E-state index in [1.54, 1.807) is 6.07 Å². The van der Waals surface area contributed by atoms with Crippen LogP contribution in [0.1, 0.15) is 32.3 Å². The molecule has 90 valence electrons. The van der Waals surface area contributed by atoms with Gasteiger partial charge in [0, 0.05) is 10.5 Å². The Bertz CT molecular complexity index is 341. The Labute approximate surface area is 105 Å². The van der Waals surface area contributed by atoms with Gasteiger partial charge in [-0.3, -0.25) is 0 Å². The predicted octanol–water partition coefficient (Wildman–Crippen LogP) is 3.89. The number of hydrogen-bond acceptors (Lipinski definition) is 1. The topological polar surface area (TPSA) is 26.0 Å². The molecular weight excluding hydrogens is 269 g/mol. The van der Waals surface area contributed by atoms with E-state index in [4.69, 9.17) is 5.73 Å². The Morgan fingerprint density at radius 1 is 1.44 bits per heavy atom. The zero-order chi connectivity index (χ0) is 12.1. The molecule has 1 nitrogen and oxygen atoms in total. The number of rotatable bonds is 5. The van der Waals surface area contributed by atoms with Gasteiger partial charge >= 0.3 is 0 Å². The molecule has 2 unspecified atom stereocenters. The maximum atomic E-state index is 13.6. The molecule has 0 aliphatic heterocycles. The van der Waals surface area contributed by atoms with E-state index >= 15 is 0 Å². The molecule has 0 fully saturated rings. The SMILES string of the molecule is CCCC(C)C(N)Cc1ccc(Br)cc1F. The van der Waals surface area contributed by atoms with Gasteiger partial charge in [0.2, 0.25) is 0 Å². The highest BCUT2D eigenvalue weighted by atomic mass is 79.9. The number of hydrogen-bond donors (Lipinski definition) is 1. The van der Waals surface area contributed by atoms with E-state index in [1.165, 1.54) is 6.07 Å². The zero-order valence-corrected chi connectivity index (χ0v) is 11.4. The van der Waals surface area contributed by atoms with Crippen LogP contribution in [-0.2, 0) is 6.42 Å². The first-order valence-corrected chi connectivity index (χ1v) is 6.53. The van der Waals surface area contributed by atoms with Crippen molar-refractivity contribution >= 4 is 15.9 Å². The molecule has 2 atom stereocenters. The molecule has 0 radical (unpaired) electrons. The van der Waals surface area contributed by atoms with Crippen LogP contribution in [0.2, 0.25) is 0 Å². The summed E-state index contributed by atoms with van der Waals surface area (Å²) < 4.78 is 14.3. The molecule has 0 amide bonds. The van der Waals surface area contributed by atoms with Crippen LogP contribution in [0.5, 0.6) is 0 Å². The fraction of sp³-hybridized carbons (Fsp3) is 0.538. The molecule has 0 aliphatic rings. The van der Waals surface area contributed by atoms with Crippen LogP contribution in [0.15, 0.2) is 22.7 Å². The number of nitrogens with two attached hydrogens (primary N) is 1. The van der Waals surface area contributed by atoms with Crippen LogP contribution >= 0.6 is 15.9 Å². The highest BCUT2D eigenvalue weighted by molar-refractivity contribution is 9.10. The highest BCUT2D eigenvalue weighted by Crippen LogP contribution is 2.19. The molecule has 0 heterocycles. The fourth-order valence-corrected chi connectivity index (χ4v) is 2.14. The predicted molar refractivity (Wildman–Crippen MR) is 69.9 cm³/mol. The van der Waals surface area contributed by atoms with Gasteiger partial charge in [-0.1, -0.05) is 42.3 Å². The zero-order valence-electron chi connectivity index (χ0n) is 9.84. The summed E-state index contributed by atoms with van der Waals surface area (Å²) in [5, 5.41) is 0. The quantitative estimate of drug-likeness (QED) is 0.874. The van der Waals surface area contributed by atoms with Crippen LogP contribution in [0, 0.1) is 11.7 Å². The molecule has 2 N–H and O–H groups in total. The van der Waals surface area contributed by atoms with Crippen molar-refractivity contribution in [3.63, 3.8) is 0 Å². The third-order valence-electron chi connectivity index (χ3n) is 2.95. The molecule has 1 aromatic rings. The second-order valence-electron chi connectivity index (χ2n) is 4.37. The molecular formula is C13H19BrFN. The van der Waals surface area contributed by atoms with Gasteiger partial charge in [0.15, 0.2) is 0 Å². The van der Waals surface area contributed by atoms with E-state index in [0.29, 0.717) is 17.9 Å². The molecule has 0 aromatic heterocycles. The summed E-state index contributed by atoms with van der Waals surface area (Å²) in [5.74, 6) is 0.265. The van der Waals surface area contributed by atoms with Gasteiger partial charge in [0.05, 0.1) is 0 Å². The lowest BCUT2D eigenvalue weighted by atomic mass is 9.92. The minimum atomic E-state index is -0.173. The van der Waals surface area contributed by atoms with Gasteiger partial charge in [-0.15, -0.1) is 0 Å². The maximum Gasteiger partial charge on any atom is 0.127 e. The molecule has 0 saturated heterocycles. The molecule has 0 bridgehead atoms. The van der Waals surface area contributed by atoms with E-state index < -0.39 is 0 Å². The maximum absolute atomic E-state index is 13.6. The number of benzene rings is 1. The van der Waals surface area contributed by atoms with Gasteiger partial charge in [-0.2, -0.15) is 0 Å². The van der Waals surface area contributed by atoms with E-state index in [1.807, 2.05) is 6.07 Å². The molecule has 0 spiro atoms. The van der Waals surface area contributed by atoms with Crippen molar-refractivity contribution in [3.05, 3.63) is 34.1 Å². The second-order valence-corrected chi connectivity index (χ2v) is 5.29. The van der Waals surface area contributed by atoms with Gasteiger partial charge in [0.25, 0.3) is 0 Å². The molecule has 0 saturated carbocycles. The third kappa shape index (κ3) is 3.87. The van der Waals surface area contributed by atoms with E-state index in [0.717, 1.165) is 17.3 Å². The van der Waals surface area contributed by atoms with Crippen molar-refractivity contribution in [1.82, 2.24) is 0 Å². The Morgan fingerprint density at radius 3 is 2.69 bits per heavy atom. The summed E-state index contributed by atoms with van der Waals surface area (Å²) in [4.78, 5) is 0. The first kappa shape index (κ1) is 13.7. The highest BCUT2D eigenvalue weighted by Gasteiger charge is 2.14. The van der Waals surface area contributed by atoms with Crippen molar-refractivity contribution in [2.45, 2.75) is 39.2 Å². The molecule has 0 aliphatic carbocycles. The van der Waals surface area contributed by atoms with Crippen LogP contribution < -0.4 is 5.73 Å². The fourth-order valence-electron chi connectivity index (χ4n) is 1.81. The Morgan fingerprint density at radius 2 is 2.12 bits per heavy atom. The van der Waals surface area contributed by atoms with Crippen LogP contribution in [0.4, 0.5) is 4.39 Å². The normalized spacial score (nSPS) is 14.8. The second kappa shape index (κ2) is 6.36. The van der Waals surface area contributed by atoms with Crippen molar-refractivity contribution in [2.75, 3.05) is 0 Å². The smallest absolute Gasteiger partial charge is 0.127 e. The third-order valence-corrected chi connectivity index (χ3v) is 3.44. The van der Waals surface area contributed by atoms with Crippen LogP contribution in [-0.4, -0.2) is 6.04 Å². The summed E-state index contributed by atoms with van der Waals surface area (Å²) in [6.07, 6.45) is 2.83. The van der Waals surface area contributed by atoms with Crippen molar-refractivity contribution in [3.8, 4) is 0 Å². The molecule has 1 aromatic carbocycles. The lowest BCUT2D eigenvalue weighted by Gasteiger charge is -2.19. The summed E-state index contributed by atoms with van der Waals surface area (Å²) >= 11 is 3.25. The minimum Gasteiger partial charge on any atom is -0.327 e. The van der Waals surface area contributed by atoms with E-state index in [9.17, 15) is 4.39 Å². The average Bonchev–Trinajstić information content (AvgIpc) is 2.22. The van der Waals surface area contributed by atoms with Crippen molar-refractivity contribution < 1.29 is 4.39 Å². The van der Waals surface area contributed by atoms with Gasteiger partial charge in [0.1, 0.15) is 5.82 Å². The summed E-state index contributed by atoms with van der Waals surface area (Å²) in [5.41, 5.74) is 6.77. The van der Waals surface area contributed by atoms with Gasteiger partial charge in [-0.05, 0) is 36.5 Å². The van der Waals surface area contributed by atoms with Crippen molar-refractivity contribution in [2.24, 2.45) is 11.7 Å². The molecule has 3 heteroatoms. The summed E-state index contributed by atoms with van der Waals surface area (Å²) in [7, 11) is 0. The number of halogens is 2. The van der Waals surface area contributed by atoms with Crippen LogP contribution in [0.3, 0.4) is 0 Å². The van der Waals surface area contributed by atoms with Crippen molar-refractivity contribution in [1.29, 1.82) is 0 Å². The first-order chi connectivity index (χ1) is 7.54. The Kier molecular flexibility index (Phi) is 5.42. The standard InChI is InChI=1S/C13H19BrFN/c1-3-4-9(2)13(16)7-10-5-6-11(14)8-12(10)15/h5-6,8-9,13H,3-4,7,16H2,1-2H3. The minimum absolute atomic E-state index is 0.0376. The summed E-state index contributed by atoms with van der Waals surface area (Å²) in [6.45, 7) is 4.27. The monoisotopic (exact) mass is 287 g/mol.